The number of nitrogens with one attached hydrogen (secondary N) is 2. The molecule has 0 aromatic carbocycles. The summed E-state index contributed by atoms with van der Waals surface area (Å²) in [6.45, 7) is 9.12. The van der Waals surface area contributed by atoms with Crippen molar-refractivity contribution in [3.8, 4) is 0 Å². The number of aliphatic imine (C=N–C) groups is 1. The van der Waals surface area contributed by atoms with E-state index in [0.29, 0.717) is 5.92 Å². The Bertz CT molecular complexity index is 519. The fourth-order valence-electron chi connectivity index (χ4n) is 2.67. The SMILES string of the molecule is CN=C(NCCCOCC1CCOCC1)NCc1sc(C)nc1C.I. The van der Waals surface area contributed by atoms with Crippen molar-refractivity contribution >= 4 is 41.3 Å². The van der Waals surface area contributed by atoms with E-state index in [-0.39, 0.29) is 24.0 Å². The van der Waals surface area contributed by atoms with E-state index in [9.17, 15) is 0 Å². The predicted octanol–water partition coefficient (Wildman–Crippen LogP) is 2.88. The lowest BCUT2D eigenvalue weighted by Gasteiger charge is -2.21. The first-order valence-electron chi connectivity index (χ1n) is 8.72. The Morgan fingerprint density at radius 1 is 1.32 bits per heavy atom. The number of hydrogen-bond acceptors (Lipinski definition) is 5. The second kappa shape index (κ2) is 12.8. The molecule has 0 spiro atoms. The number of aryl methyl sites for hydroxylation is 2. The molecule has 8 heteroatoms. The zero-order valence-corrected chi connectivity index (χ0v) is 18.6. The highest BCUT2D eigenvalue weighted by molar-refractivity contribution is 14.0. The highest BCUT2D eigenvalue weighted by atomic mass is 127. The standard InChI is InChI=1S/C17H30N4O2S.HI/c1-13-16(24-14(2)21-13)11-20-17(18-3)19-7-4-8-23-12-15-5-9-22-10-6-15;/h15H,4-12H2,1-3H3,(H2,18,19,20);1H. The highest BCUT2D eigenvalue weighted by Crippen LogP contribution is 2.16. The molecule has 1 aromatic rings. The van der Waals surface area contributed by atoms with Crippen molar-refractivity contribution < 1.29 is 9.47 Å². The van der Waals surface area contributed by atoms with Crippen molar-refractivity contribution in [3.05, 3.63) is 15.6 Å². The monoisotopic (exact) mass is 482 g/mol. The van der Waals surface area contributed by atoms with E-state index in [0.717, 1.165) is 75.4 Å². The van der Waals surface area contributed by atoms with Gasteiger partial charge in [0.15, 0.2) is 5.96 Å². The summed E-state index contributed by atoms with van der Waals surface area (Å²) in [4.78, 5) is 9.96. The van der Waals surface area contributed by atoms with Crippen LogP contribution in [0.5, 0.6) is 0 Å². The number of halogens is 1. The molecule has 0 atom stereocenters. The molecule has 0 radical (unpaired) electrons. The summed E-state index contributed by atoms with van der Waals surface area (Å²) >= 11 is 1.73. The molecule has 144 valence electrons. The van der Waals surface area contributed by atoms with Gasteiger partial charge in [-0.1, -0.05) is 0 Å². The van der Waals surface area contributed by atoms with E-state index in [1.807, 2.05) is 13.8 Å². The van der Waals surface area contributed by atoms with Crippen molar-refractivity contribution in [2.24, 2.45) is 10.9 Å². The van der Waals surface area contributed by atoms with Crippen molar-refractivity contribution in [1.82, 2.24) is 15.6 Å². The van der Waals surface area contributed by atoms with Gasteiger partial charge in [0.1, 0.15) is 0 Å². The van der Waals surface area contributed by atoms with E-state index >= 15 is 0 Å². The van der Waals surface area contributed by atoms with Crippen molar-refractivity contribution in [1.29, 1.82) is 0 Å². The molecule has 1 saturated heterocycles. The van der Waals surface area contributed by atoms with Crippen LogP contribution in [0.4, 0.5) is 0 Å². The summed E-state index contributed by atoms with van der Waals surface area (Å²) in [5, 5.41) is 7.77. The van der Waals surface area contributed by atoms with Gasteiger partial charge in [0.25, 0.3) is 0 Å². The summed E-state index contributed by atoms with van der Waals surface area (Å²) in [7, 11) is 1.79. The number of thiazole rings is 1. The Morgan fingerprint density at radius 3 is 2.72 bits per heavy atom. The van der Waals surface area contributed by atoms with Gasteiger partial charge in [-0.3, -0.25) is 4.99 Å². The first kappa shape index (κ1) is 22.6. The average Bonchev–Trinajstić information content (AvgIpc) is 2.92. The first-order chi connectivity index (χ1) is 11.7. The van der Waals surface area contributed by atoms with E-state index in [4.69, 9.17) is 9.47 Å². The maximum atomic E-state index is 5.77. The number of rotatable bonds is 8. The smallest absolute Gasteiger partial charge is 0.191 e. The van der Waals surface area contributed by atoms with Crippen LogP contribution in [-0.2, 0) is 16.0 Å². The topological polar surface area (TPSA) is 67.8 Å². The van der Waals surface area contributed by atoms with Crippen LogP contribution in [0.25, 0.3) is 0 Å². The molecule has 1 aliphatic rings. The molecule has 1 fully saturated rings. The molecule has 0 saturated carbocycles. The fourth-order valence-corrected chi connectivity index (χ4v) is 3.54. The van der Waals surface area contributed by atoms with Crippen LogP contribution in [0.1, 0.15) is 34.8 Å². The van der Waals surface area contributed by atoms with Gasteiger partial charge in [0, 0.05) is 44.9 Å². The molecule has 0 amide bonds. The zero-order valence-electron chi connectivity index (χ0n) is 15.5. The molecule has 6 nitrogen and oxygen atoms in total. The Balaban J connectivity index is 0.00000312. The number of aromatic nitrogens is 1. The Labute approximate surface area is 172 Å². The third kappa shape index (κ3) is 8.65. The molecule has 1 aromatic heterocycles. The molecule has 0 unspecified atom stereocenters. The van der Waals surface area contributed by atoms with Crippen LogP contribution < -0.4 is 10.6 Å². The van der Waals surface area contributed by atoms with Crippen LogP contribution in [0.2, 0.25) is 0 Å². The van der Waals surface area contributed by atoms with E-state index in [1.165, 1.54) is 4.88 Å². The number of ether oxygens (including phenoxy) is 2. The predicted molar refractivity (Wildman–Crippen MR) is 114 cm³/mol. The van der Waals surface area contributed by atoms with Crippen molar-refractivity contribution in [2.45, 2.75) is 39.7 Å². The average molecular weight is 482 g/mol. The number of nitrogens with zero attached hydrogens (tertiary/aromatic N) is 2. The van der Waals surface area contributed by atoms with E-state index < -0.39 is 0 Å². The van der Waals surface area contributed by atoms with Gasteiger partial charge in [-0.2, -0.15) is 0 Å². The molecule has 2 heterocycles. The van der Waals surface area contributed by atoms with Crippen LogP contribution in [0.3, 0.4) is 0 Å². The lowest BCUT2D eigenvalue weighted by atomic mass is 10.0. The third-order valence-electron chi connectivity index (χ3n) is 4.09. The van der Waals surface area contributed by atoms with Gasteiger partial charge in [-0.05, 0) is 39.0 Å². The fraction of sp³-hybridized carbons (Fsp3) is 0.765. The largest absolute Gasteiger partial charge is 0.381 e. The summed E-state index contributed by atoms with van der Waals surface area (Å²) in [5.41, 5.74) is 1.10. The van der Waals surface area contributed by atoms with Crippen LogP contribution in [-0.4, -0.2) is 51.0 Å². The summed E-state index contributed by atoms with van der Waals surface area (Å²) < 4.78 is 11.1. The molecule has 25 heavy (non-hydrogen) atoms. The lowest BCUT2D eigenvalue weighted by molar-refractivity contribution is 0.0203. The third-order valence-corrected chi connectivity index (χ3v) is 5.16. The van der Waals surface area contributed by atoms with Crippen molar-refractivity contribution in [3.63, 3.8) is 0 Å². The molecule has 2 rings (SSSR count). The minimum Gasteiger partial charge on any atom is -0.381 e. The molecule has 1 aliphatic heterocycles. The normalized spacial score (nSPS) is 15.7. The minimum absolute atomic E-state index is 0. The maximum absolute atomic E-state index is 5.77. The Morgan fingerprint density at radius 2 is 2.08 bits per heavy atom. The molecule has 0 aliphatic carbocycles. The second-order valence-corrected chi connectivity index (χ2v) is 7.37. The van der Waals surface area contributed by atoms with E-state index in [1.54, 1.807) is 18.4 Å². The van der Waals surface area contributed by atoms with Gasteiger partial charge in [0.2, 0.25) is 0 Å². The molecular weight excluding hydrogens is 451 g/mol. The van der Waals surface area contributed by atoms with E-state index in [2.05, 4.69) is 20.6 Å². The molecular formula is C17H31IN4O2S. The minimum atomic E-state index is 0. The first-order valence-corrected chi connectivity index (χ1v) is 9.53. The lowest BCUT2D eigenvalue weighted by Crippen LogP contribution is -2.37. The molecule has 0 bridgehead atoms. The van der Waals surface area contributed by atoms with Gasteiger partial charge in [0.05, 0.1) is 17.2 Å². The quantitative estimate of drug-likeness (QED) is 0.258. The van der Waals surface area contributed by atoms with Gasteiger partial charge >= 0.3 is 0 Å². The summed E-state index contributed by atoms with van der Waals surface area (Å²) in [6, 6.07) is 0. The highest BCUT2D eigenvalue weighted by Gasteiger charge is 2.13. The Kier molecular flexibility index (Phi) is 11.6. The van der Waals surface area contributed by atoms with Crippen LogP contribution >= 0.6 is 35.3 Å². The van der Waals surface area contributed by atoms with Crippen LogP contribution in [0, 0.1) is 19.8 Å². The maximum Gasteiger partial charge on any atom is 0.191 e. The summed E-state index contributed by atoms with van der Waals surface area (Å²) in [5.74, 6) is 1.50. The summed E-state index contributed by atoms with van der Waals surface area (Å²) in [6.07, 6.45) is 3.24. The van der Waals surface area contributed by atoms with Crippen LogP contribution in [0.15, 0.2) is 4.99 Å². The second-order valence-electron chi connectivity index (χ2n) is 6.08. The zero-order chi connectivity index (χ0) is 17.2. The van der Waals surface area contributed by atoms with Gasteiger partial charge in [-0.15, -0.1) is 35.3 Å². The number of guanidine groups is 1. The van der Waals surface area contributed by atoms with Gasteiger partial charge < -0.3 is 20.1 Å². The molecule has 2 N–H and O–H groups in total. The number of hydrogen-bond donors (Lipinski definition) is 2. The Hall–Kier alpha value is -0.450. The van der Waals surface area contributed by atoms with Gasteiger partial charge in [-0.25, -0.2) is 4.98 Å². The van der Waals surface area contributed by atoms with Crippen molar-refractivity contribution in [2.75, 3.05) is 40.0 Å².